The number of carbonyl (C=O) groups is 1. The smallest absolute Gasteiger partial charge is 0.307 e. The molecule has 0 aromatic heterocycles. The van der Waals surface area contributed by atoms with Gasteiger partial charge < -0.3 is 9.84 Å². The molecule has 1 saturated carbocycles. The number of ether oxygens (including phenoxy) is 1. The molecule has 2 rings (SSSR count). The van der Waals surface area contributed by atoms with E-state index in [4.69, 9.17) is 4.74 Å². The van der Waals surface area contributed by atoms with Crippen molar-refractivity contribution in [3.63, 3.8) is 0 Å². The van der Waals surface area contributed by atoms with Crippen molar-refractivity contribution in [1.82, 2.24) is 0 Å². The second-order valence-electron chi connectivity index (χ2n) is 4.53. The van der Waals surface area contributed by atoms with Crippen molar-refractivity contribution in [1.29, 1.82) is 0 Å². The molecule has 0 radical (unpaired) electrons. The summed E-state index contributed by atoms with van der Waals surface area (Å²) in [6.07, 6.45) is 5.48. The second kappa shape index (κ2) is 4.30. The minimum absolute atomic E-state index is 0.135. The van der Waals surface area contributed by atoms with Crippen LogP contribution in [0.4, 0.5) is 0 Å². The average Bonchev–Trinajstić information content (AvgIpc) is 2.12. The first-order valence-electron chi connectivity index (χ1n) is 5.59. The molecule has 80 valence electrons. The van der Waals surface area contributed by atoms with Gasteiger partial charge in [0.25, 0.3) is 0 Å². The van der Waals surface area contributed by atoms with E-state index in [1.54, 1.807) is 0 Å². The lowest BCUT2D eigenvalue weighted by Crippen LogP contribution is -2.38. The minimum atomic E-state index is -0.606. The monoisotopic (exact) mass is 198 g/mol. The van der Waals surface area contributed by atoms with Crippen molar-refractivity contribution in [3.05, 3.63) is 0 Å². The van der Waals surface area contributed by atoms with Gasteiger partial charge in [0, 0.05) is 6.61 Å². The topological polar surface area (TPSA) is 46.5 Å². The van der Waals surface area contributed by atoms with E-state index in [2.05, 4.69) is 0 Å². The van der Waals surface area contributed by atoms with Crippen LogP contribution in [0.5, 0.6) is 0 Å². The highest BCUT2D eigenvalue weighted by Crippen LogP contribution is 2.39. The first-order valence-corrected chi connectivity index (χ1v) is 5.59. The number of aliphatic carboxylic acids is 1. The van der Waals surface area contributed by atoms with Gasteiger partial charge in [-0.2, -0.15) is 0 Å². The lowest BCUT2D eigenvalue weighted by Gasteiger charge is -2.37. The van der Waals surface area contributed by atoms with Crippen molar-refractivity contribution in [2.24, 2.45) is 17.8 Å². The van der Waals surface area contributed by atoms with Crippen LogP contribution in [-0.2, 0) is 9.53 Å². The first-order chi connectivity index (χ1) is 6.79. The van der Waals surface area contributed by atoms with Crippen LogP contribution in [0.1, 0.15) is 32.1 Å². The van der Waals surface area contributed by atoms with Gasteiger partial charge in [-0.15, -0.1) is 0 Å². The maximum atomic E-state index is 11.2. The van der Waals surface area contributed by atoms with Crippen molar-refractivity contribution >= 4 is 5.97 Å². The zero-order valence-corrected chi connectivity index (χ0v) is 8.45. The number of carboxylic acids is 1. The Labute approximate surface area is 84.4 Å². The summed E-state index contributed by atoms with van der Waals surface area (Å²) in [6.45, 7) is 1.47. The molecule has 1 aliphatic heterocycles. The molecule has 2 fully saturated rings. The zero-order chi connectivity index (χ0) is 9.97. The molecule has 3 nitrogen and oxygen atoms in total. The van der Waals surface area contributed by atoms with Crippen LogP contribution in [0.25, 0.3) is 0 Å². The van der Waals surface area contributed by atoms with Crippen LogP contribution in [0.3, 0.4) is 0 Å². The Hall–Kier alpha value is -0.570. The van der Waals surface area contributed by atoms with Crippen LogP contribution in [0.15, 0.2) is 0 Å². The Morgan fingerprint density at radius 1 is 1.21 bits per heavy atom. The number of hydrogen-bond acceptors (Lipinski definition) is 2. The third kappa shape index (κ3) is 1.92. The van der Waals surface area contributed by atoms with Crippen molar-refractivity contribution < 1.29 is 14.6 Å². The minimum Gasteiger partial charge on any atom is -0.481 e. The van der Waals surface area contributed by atoms with E-state index in [9.17, 15) is 9.90 Å². The fourth-order valence-corrected chi connectivity index (χ4v) is 2.64. The van der Waals surface area contributed by atoms with E-state index in [0.29, 0.717) is 12.5 Å². The van der Waals surface area contributed by atoms with E-state index in [1.165, 1.54) is 6.42 Å². The summed E-state index contributed by atoms with van der Waals surface area (Å²) in [5.41, 5.74) is 0. The summed E-state index contributed by atoms with van der Waals surface area (Å²) in [6, 6.07) is 0. The van der Waals surface area contributed by atoms with Crippen LogP contribution in [0, 0.1) is 17.8 Å². The Balaban J connectivity index is 1.97. The van der Waals surface area contributed by atoms with E-state index in [0.717, 1.165) is 32.3 Å². The molecular weight excluding hydrogens is 180 g/mol. The van der Waals surface area contributed by atoms with Gasteiger partial charge in [-0.1, -0.05) is 6.42 Å². The van der Waals surface area contributed by atoms with Crippen molar-refractivity contribution in [3.8, 4) is 0 Å². The summed E-state index contributed by atoms with van der Waals surface area (Å²) in [5.74, 6) is -0.0417. The van der Waals surface area contributed by atoms with E-state index in [1.807, 2.05) is 0 Å². The summed E-state index contributed by atoms with van der Waals surface area (Å²) in [4.78, 5) is 11.2. The zero-order valence-electron chi connectivity index (χ0n) is 8.45. The molecule has 1 saturated heterocycles. The maximum absolute atomic E-state index is 11.2. The maximum Gasteiger partial charge on any atom is 0.307 e. The van der Waals surface area contributed by atoms with Crippen LogP contribution in [0.2, 0.25) is 0 Å². The standard InChI is InChI=1S/C11H18O3/c12-11(13)10(8-3-1-4-8)9-5-2-6-14-7-9/h8-10H,1-7H2,(H,12,13). The molecule has 0 aromatic rings. The second-order valence-corrected chi connectivity index (χ2v) is 4.53. The normalized spacial score (nSPS) is 30.7. The quantitative estimate of drug-likeness (QED) is 0.753. The summed E-state index contributed by atoms with van der Waals surface area (Å²) in [5, 5.41) is 9.21. The predicted molar refractivity (Wildman–Crippen MR) is 52.0 cm³/mol. The fraction of sp³-hybridized carbons (Fsp3) is 0.909. The Kier molecular flexibility index (Phi) is 3.06. The lowest BCUT2D eigenvalue weighted by molar-refractivity contribution is -0.150. The molecule has 2 atom stereocenters. The van der Waals surface area contributed by atoms with Gasteiger partial charge in [0.15, 0.2) is 0 Å². The highest BCUT2D eigenvalue weighted by molar-refractivity contribution is 5.71. The molecule has 2 aliphatic rings. The van der Waals surface area contributed by atoms with Crippen molar-refractivity contribution in [2.75, 3.05) is 13.2 Å². The predicted octanol–water partition coefficient (Wildman–Crippen LogP) is 1.91. The molecular formula is C11H18O3. The summed E-state index contributed by atoms with van der Waals surface area (Å²) < 4.78 is 5.37. The van der Waals surface area contributed by atoms with Crippen LogP contribution < -0.4 is 0 Å². The Morgan fingerprint density at radius 2 is 1.93 bits per heavy atom. The Bertz CT molecular complexity index is 205. The average molecular weight is 198 g/mol. The van der Waals surface area contributed by atoms with E-state index >= 15 is 0 Å². The van der Waals surface area contributed by atoms with Gasteiger partial charge in [-0.05, 0) is 37.5 Å². The third-order valence-corrected chi connectivity index (χ3v) is 3.65. The number of carboxylic acid groups (broad SMARTS) is 1. The van der Waals surface area contributed by atoms with E-state index in [-0.39, 0.29) is 11.8 Å². The first kappa shape index (κ1) is 9.97. The third-order valence-electron chi connectivity index (χ3n) is 3.65. The summed E-state index contributed by atoms with van der Waals surface area (Å²) in [7, 11) is 0. The van der Waals surface area contributed by atoms with Gasteiger partial charge >= 0.3 is 5.97 Å². The van der Waals surface area contributed by atoms with Gasteiger partial charge in [-0.3, -0.25) is 4.79 Å². The fourth-order valence-electron chi connectivity index (χ4n) is 2.64. The van der Waals surface area contributed by atoms with Gasteiger partial charge in [-0.25, -0.2) is 0 Å². The molecule has 2 unspecified atom stereocenters. The molecule has 3 heteroatoms. The van der Waals surface area contributed by atoms with Gasteiger partial charge in [0.05, 0.1) is 12.5 Å². The molecule has 0 aromatic carbocycles. The van der Waals surface area contributed by atoms with Crippen molar-refractivity contribution in [2.45, 2.75) is 32.1 Å². The Morgan fingerprint density at radius 3 is 2.36 bits per heavy atom. The molecule has 1 heterocycles. The number of hydrogen-bond donors (Lipinski definition) is 1. The molecule has 1 aliphatic carbocycles. The van der Waals surface area contributed by atoms with Gasteiger partial charge in [0.1, 0.15) is 0 Å². The van der Waals surface area contributed by atoms with Crippen LogP contribution in [-0.4, -0.2) is 24.3 Å². The van der Waals surface area contributed by atoms with E-state index < -0.39 is 5.97 Å². The molecule has 0 amide bonds. The largest absolute Gasteiger partial charge is 0.481 e. The molecule has 0 bridgehead atoms. The molecule has 14 heavy (non-hydrogen) atoms. The molecule has 1 N–H and O–H groups in total. The highest BCUT2D eigenvalue weighted by atomic mass is 16.5. The lowest BCUT2D eigenvalue weighted by atomic mass is 9.69. The molecule has 0 spiro atoms. The van der Waals surface area contributed by atoms with Crippen LogP contribution >= 0.6 is 0 Å². The highest BCUT2D eigenvalue weighted by Gasteiger charge is 2.38. The number of rotatable bonds is 3. The summed E-state index contributed by atoms with van der Waals surface area (Å²) >= 11 is 0. The van der Waals surface area contributed by atoms with Gasteiger partial charge in [0.2, 0.25) is 0 Å². The SMILES string of the molecule is O=C(O)C(C1CCC1)C1CCCOC1.